The van der Waals surface area contributed by atoms with E-state index < -0.39 is 28.9 Å². The van der Waals surface area contributed by atoms with E-state index in [-0.39, 0.29) is 0 Å². The molecular weight excluding hydrogens is 280 g/mol. The molecule has 2 aliphatic heterocycles. The lowest BCUT2D eigenvalue weighted by atomic mass is 9.85. The number of nitrogens with one attached hydrogen (secondary N) is 1. The summed E-state index contributed by atoms with van der Waals surface area (Å²) in [6.45, 7) is 0. The predicted octanol–water partition coefficient (Wildman–Crippen LogP) is 0.0146. The number of nitrogens with zero attached hydrogens (tertiary/aromatic N) is 1. The molecule has 3 N–H and O–H groups in total. The van der Waals surface area contributed by atoms with Crippen LogP contribution in [0.15, 0.2) is 35.3 Å². The van der Waals surface area contributed by atoms with Crippen LogP contribution in [0.2, 0.25) is 0 Å². The minimum Gasteiger partial charge on any atom is -0.479 e. The zero-order chi connectivity index (χ0) is 14.3. The third-order valence-electron chi connectivity index (χ3n) is 3.44. The number of aliphatic hydroxyl groups excluding tert-OH is 1. The Morgan fingerprint density at radius 1 is 1.45 bits per heavy atom. The summed E-state index contributed by atoms with van der Waals surface area (Å²) < 4.78 is 0. The number of amides is 1. The fourth-order valence-electron chi connectivity index (χ4n) is 2.35. The molecule has 1 aromatic rings. The number of thioether (sulfide) groups is 1. The number of hydrogen-bond donors (Lipinski definition) is 3. The number of aliphatic hydroxyl groups is 1. The first-order valence-corrected chi connectivity index (χ1v) is 6.93. The third-order valence-corrected chi connectivity index (χ3v) is 4.66. The van der Waals surface area contributed by atoms with Crippen LogP contribution in [0.5, 0.6) is 0 Å². The van der Waals surface area contributed by atoms with Gasteiger partial charge >= 0.3 is 5.97 Å². The third kappa shape index (κ3) is 1.82. The quantitative estimate of drug-likeness (QED) is 0.679. The molecule has 2 aliphatic rings. The Morgan fingerprint density at radius 2 is 2.15 bits per heavy atom. The van der Waals surface area contributed by atoms with Gasteiger partial charge in [-0.3, -0.25) is 9.79 Å². The van der Waals surface area contributed by atoms with Crippen LogP contribution in [0.1, 0.15) is 5.56 Å². The van der Waals surface area contributed by atoms with Gasteiger partial charge in [0.25, 0.3) is 5.91 Å². The predicted molar refractivity (Wildman–Crippen MR) is 73.5 cm³/mol. The molecule has 0 bridgehead atoms. The maximum absolute atomic E-state index is 11.7. The highest BCUT2D eigenvalue weighted by Gasteiger charge is 2.66. The zero-order valence-electron chi connectivity index (χ0n) is 10.3. The van der Waals surface area contributed by atoms with E-state index in [1.54, 1.807) is 0 Å². The van der Waals surface area contributed by atoms with E-state index in [0.29, 0.717) is 11.5 Å². The molecule has 1 saturated heterocycles. The first kappa shape index (κ1) is 13.1. The Labute approximate surface area is 118 Å². The van der Waals surface area contributed by atoms with Crippen molar-refractivity contribution in [2.75, 3.05) is 0 Å². The molecule has 0 aromatic heterocycles. The molecule has 104 valence electrons. The molecule has 20 heavy (non-hydrogen) atoms. The van der Waals surface area contributed by atoms with Gasteiger partial charge < -0.3 is 15.5 Å². The van der Waals surface area contributed by atoms with Gasteiger partial charge in [-0.2, -0.15) is 0 Å². The van der Waals surface area contributed by atoms with Crippen LogP contribution in [0.3, 0.4) is 0 Å². The Kier molecular flexibility index (Phi) is 3.02. The number of carboxylic acids is 1. The van der Waals surface area contributed by atoms with E-state index in [9.17, 15) is 14.7 Å². The van der Waals surface area contributed by atoms with Crippen molar-refractivity contribution in [3.8, 4) is 0 Å². The summed E-state index contributed by atoms with van der Waals surface area (Å²) in [4.78, 5) is 26.9. The smallest absolute Gasteiger partial charge is 0.335 e. The average Bonchev–Trinajstić information content (AvgIpc) is 2.72. The highest BCUT2D eigenvalue weighted by molar-refractivity contribution is 8.15. The second-order valence-corrected chi connectivity index (χ2v) is 5.88. The summed E-state index contributed by atoms with van der Waals surface area (Å²) in [6.07, 6.45) is -1.30. The van der Waals surface area contributed by atoms with Crippen LogP contribution in [-0.4, -0.2) is 44.2 Å². The second kappa shape index (κ2) is 4.60. The van der Waals surface area contributed by atoms with E-state index in [0.717, 1.165) is 5.56 Å². The lowest BCUT2D eigenvalue weighted by Crippen LogP contribution is -2.74. The van der Waals surface area contributed by atoms with Gasteiger partial charge in [-0.15, -0.1) is 0 Å². The van der Waals surface area contributed by atoms with E-state index in [4.69, 9.17) is 5.11 Å². The molecule has 3 rings (SSSR count). The molecule has 6 nitrogen and oxygen atoms in total. The van der Waals surface area contributed by atoms with Gasteiger partial charge in [0.2, 0.25) is 5.54 Å². The van der Waals surface area contributed by atoms with Gasteiger partial charge in [-0.1, -0.05) is 42.1 Å². The molecule has 0 radical (unpaired) electrons. The van der Waals surface area contributed by atoms with Crippen LogP contribution in [0.25, 0.3) is 0 Å². The van der Waals surface area contributed by atoms with Crippen molar-refractivity contribution in [1.82, 2.24) is 5.32 Å². The largest absolute Gasteiger partial charge is 0.479 e. The SMILES string of the molecule is O=C(O)C(O)C12N=C(Cc3ccccc3)SC1NC2=O. The monoisotopic (exact) mass is 292 g/mol. The first-order chi connectivity index (χ1) is 9.54. The van der Waals surface area contributed by atoms with Crippen LogP contribution in [0.4, 0.5) is 0 Å². The molecule has 0 spiro atoms. The number of carbonyl (C=O) groups is 2. The van der Waals surface area contributed by atoms with Crippen molar-refractivity contribution in [2.45, 2.75) is 23.4 Å². The molecule has 0 saturated carbocycles. The Bertz CT molecular complexity index is 604. The van der Waals surface area contributed by atoms with Gasteiger partial charge in [-0.05, 0) is 5.56 Å². The summed E-state index contributed by atoms with van der Waals surface area (Å²) in [7, 11) is 0. The molecule has 0 aliphatic carbocycles. The topological polar surface area (TPSA) is 99.0 Å². The average molecular weight is 292 g/mol. The maximum atomic E-state index is 11.7. The van der Waals surface area contributed by atoms with E-state index in [1.165, 1.54) is 11.8 Å². The van der Waals surface area contributed by atoms with E-state index in [2.05, 4.69) is 10.3 Å². The summed E-state index contributed by atoms with van der Waals surface area (Å²) in [6, 6.07) is 9.56. The highest BCUT2D eigenvalue weighted by atomic mass is 32.2. The van der Waals surface area contributed by atoms with Gasteiger partial charge in [0.05, 0.1) is 5.04 Å². The minimum atomic E-state index is -1.82. The van der Waals surface area contributed by atoms with E-state index in [1.807, 2.05) is 30.3 Å². The Balaban J connectivity index is 1.87. The number of aliphatic imine (C=N–C) groups is 1. The van der Waals surface area contributed by atoms with Crippen LogP contribution in [-0.2, 0) is 16.0 Å². The van der Waals surface area contributed by atoms with Crippen LogP contribution < -0.4 is 5.32 Å². The van der Waals surface area contributed by atoms with Gasteiger partial charge in [0, 0.05) is 6.42 Å². The molecule has 3 atom stereocenters. The fourth-order valence-corrected chi connectivity index (χ4v) is 3.71. The maximum Gasteiger partial charge on any atom is 0.335 e. The van der Waals surface area contributed by atoms with Gasteiger partial charge in [-0.25, -0.2) is 4.79 Å². The fraction of sp³-hybridized carbons (Fsp3) is 0.308. The number of fused-ring (bicyclic) bond motifs is 1. The van der Waals surface area contributed by atoms with Crippen molar-refractivity contribution in [1.29, 1.82) is 0 Å². The molecule has 7 heteroatoms. The number of carbonyl (C=O) groups excluding carboxylic acids is 1. The number of β-lactam (4-membered cyclic amide) rings is 1. The number of aliphatic carboxylic acids is 1. The van der Waals surface area contributed by atoms with Crippen LogP contribution >= 0.6 is 11.8 Å². The summed E-state index contributed by atoms with van der Waals surface area (Å²) in [5.74, 6) is -1.97. The van der Waals surface area contributed by atoms with Crippen molar-refractivity contribution in [3.05, 3.63) is 35.9 Å². The van der Waals surface area contributed by atoms with Gasteiger partial charge in [0.1, 0.15) is 5.37 Å². The minimum absolute atomic E-state index is 0.500. The lowest BCUT2D eigenvalue weighted by Gasteiger charge is -2.42. The Hall–Kier alpha value is -1.86. The van der Waals surface area contributed by atoms with E-state index >= 15 is 0 Å². The normalized spacial score (nSPS) is 28.9. The summed E-state index contributed by atoms with van der Waals surface area (Å²) in [5, 5.41) is 21.5. The zero-order valence-corrected chi connectivity index (χ0v) is 11.1. The summed E-state index contributed by atoms with van der Waals surface area (Å²) >= 11 is 1.30. The first-order valence-electron chi connectivity index (χ1n) is 6.05. The van der Waals surface area contributed by atoms with Crippen molar-refractivity contribution in [3.63, 3.8) is 0 Å². The Morgan fingerprint density at radius 3 is 2.75 bits per heavy atom. The molecule has 2 heterocycles. The number of hydrogen-bond acceptors (Lipinski definition) is 5. The standard InChI is InChI=1S/C13H12N2O4S/c16-9(10(17)18)13-11(19)14-12(13)20-8(15-13)6-7-4-2-1-3-5-7/h1-5,9,12,16H,6H2,(H,14,19)(H,17,18). The molecule has 1 aromatic carbocycles. The number of benzene rings is 1. The summed E-state index contributed by atoms with van der Waals surface area (Å²) in [5.41, 5.74) is -0.548. The number of rotatable bonds is 4. The van der Waals surface area contributed by atoms with Crippen molar-refractivity contribution >= 4 is 28.7 Å². The lowest BCUT2D eigenvalue weighted by molar-refractivity contribution is -0.159. The number of carboxylic acid groups (broad SMARTS) is 1. The van der Waals surface area contributed by atoms with Crippen LogP contribution in [0, 0.1) is 0 Å². The van der Waals surface area contributed by atoms with Gasteiger partial charge in [0.15, 0.2) is 6.10 Å². The molecule has 1 amide bonds. The second-order valence-electron chi connectivity index (χ2n) is 4.71. The highest BCUT2D eigenvalue weighted by Crippen LogP contribution is 2.43. The molecular formula is C13H12N2O4S. The molecule has 3 unspecified atom stereocenters. The molecule has 1 fully saturated rings. The van der Waals surface area contributed by atoms with Crippen molar-refractivity contribution < 1.29 is 19.8 Å². The van der Waals surface area contributed by atoms with Crippen molar-refractivity contribution in [2.24, 2.45) is 4.99 Å².